The Bertz CT molecular complexity index is 946. The van der Waals surface area contributed by atoms with E-state index in [4.69, 9.17) is 28.4 Å². The Kier molecular flexibility index (Phi) is 7.62. The fourth-order valence-electron chi connectivity index (χ4n) is 3.41. The van der Waals surface area contributed by atoms with E-state index in [1.165, 1.54) is 0 Å². The van der Waals surface area contributed by atoms with Crippen molar-refractivity contribution < 1.29 is 28.4 Å². The van der Waals surface area contributed by atoms with Crippen molar-refractivity contribution in [3.63, 3.8) is 0 Å². The molecule has 164 valence electrons. The lowest BCUT2D eigenvalue weighted by atomic mass is 9.98. The Morgan fingerprint density at radius 3 is 1.58 bits per heavy atom. The first-order valence-electron chi connectivity index (χ1n) is 9.82. The van der Waals surface area contributed by atoms with Gasteiger partial charge in [-0.15, -0.1) is 0 Å². The fraction of sp³-hybridized carbons (Fsp3) is 0.280. The van der Waals surface area contributed by atoms with E-state index < -0.39 is 6.10 Å². The minimum absolute atomic E-state index is 0.332. The van der Waals surface area contributed by atoms with Crippen LogP contribution in [-0.4, -0.2) is 35.5 Å². The minimum Gasteiger partial charge on any atom is -0.497 e. The quantitative estimate of drug-likeness (QED) is 0.455. The molecule has 3 aromatic rings. The molecule has 0 atom stereocenters. The maximum absolute atomic E-state index is 6.45. The molecule has 3 rings (SSSR count). The van der Waals surface area contributed by atoms with Crippen LogP contribution in [0, 0.1) is 0 Å². The van der Waals surface area contributed by atoms with Gasteiger partial charge in [-0.05, 0) is 30.3 Å². The van der Waals surface area contributed by atoms with Gasteiger partial charge < -0.3 is 28.4 Å². The normalized spacial score (nSPS) is 10.6. The second kappa shape index (κ2) is 10.6. The first-order chi connectivity index (χ1) is 15.1. The van der Waals surface area contributed by atoms with Crippen LogP contribution in [0.4, 0.5) is 0 Å². The molecule has 3 aromatic carbocycles. The van der Waals surface area contributed by atoms with Crippen molar-refractivity contribution in [3.8, 4) is 28.7 Å². The molecular formula is C25H28O6. The number of hydrogen-bond acceptors (Lipinski definition) is 6. The third-order valence-corrected chi connectivity index (χ3v) is 5.04. The van der Waals surface area contributed by atoms with E-state index in [-0.39, 0.29) is 0 Å². The minimum atomic E-state index is -0.466. The van der Waals surface area contributed by atoms with Gasteiger partial charge in [0.05, 0.1) is 42.2 Å². The Hall–Kier alpha value is -3.38. The highest BCUT2D eigenvalue weighted by Crippen LogP contribution is 2.41. The molecule has 0 amide bonds. The number of methoxy groups -OCH3 is 5. The van der Waals surface area contributed by atoms with Crippen LogP contribution in [0.2, 0.25) is 0 Å². The summed E-state index contributed by atoms with van der Waals surface area (Å²) >= 11 is 0. The SMILES string of the molecule is COc1ccc(C(OCc2ccccc2OC)c2ccc(OC)cc2OC)c(OC)c1. The van der Waals surface area contributed by atoms with Gasteiger partial charge in [0, 0.05) is 28.8 Å². The number of rotatable bonds is 10. The maximum atomic E-state index is 6.45. The third kappa shape index (κ3) is 5.03. The molecule has 0 aliphatic rings. The van der Waals surface area contributed by atoms with E-state index in [1.54, 1.807) is 35.5 Å². The molecule has 0 aliphatic heterocycles. The van der Waals surface area contributed by atoms with Crippen LogP contribution in [0.3, 0.4) is 0 Å². The van der Waals surface area contributed by atoms with E-state index >= 15 is 0 Å². The molecule has 0 aromatic heterocycles. The lowest BCUT2D eigenvalue weighted by Gasteiger charge is -2.24. The zero-order chi connectivity index (χ0) is 22.2. The highest BCUT2D eigenvalue weighted by atomic mass is 16.5. The monoisotopic (exact) mass is 424 g/mol. The Labute approximate surface area is 183 Å². The molecule has 0 bridgehead atoms. The van der Waals surface area contributed by atoms with Crippen molar-refractivity contribution in [1.82, 2.24) is 0 Å². The largest absolute Gasteiger partial charge is 0.497 e. The van der Waals surface area contributed by atoms with Crippen LogP contribution < -0.4 is 23.7 Å². The summed E-state index contributed by atoms with van der Waals surface area (Å²) in [6.45, 7) is 0.332. The molecular weight excluding hydrogens is 396 g/mol. The van der Waals surface area contributed by atoms with E-state index in [1.807, 2.05) is 60.7 Å². The molecule has 0 heterocycles. The average molecular weight is 424 g/mol. The van der Waals surface area contributed by atoms with E-state index in [9.17, 15) is 0 Å². The summed E-state index contributed by atoms with van der Waals surface area (Å²) in [5.41, 5.74) is 2.64. The molecule has 0 spiro atoms. The summed E-state index contributed by atoms with van der Waals surface area (Å²) in [6, 6.07) is 19.1. The predicted molar refractivity (Wildman–Crippen MR) is 119 cm³/mol. The zero-order valence-corrected chi connectivity index (χ0v) is 18.5. The number of benzene rings is 3. The lowest BCUT2D eigenvalue weighted by Crippen LogP contribution is -2.10. The number of hydrogen-bond donors (Lipinski definition) is 0. The van der Waals surface area contributed by atoms with Gasteiger partial charge >= 0.3 is 0 Å². The van der Waals surface area contributed by atoms with Crippen molar-refractivity contribution in [1.29, 1.82) is 0 Å². The summed E-state index contributed by atoms with van der Waals surface area (Å²) in [6.07, 6.45) is -0.466. The Morgan fingerprint density at radius 2 is 1.10 bits per heavy atom. The van der Waals surface area contributed by atoms with Crippen LogP contribution in [0.5, 0.6) is 28.7 Å². The lowest BCUT2D eigenvalue weighted by molar-refractivity contribution is 0.0621. The van der Waals surface area contributed by atoms with Crippen LogP contribution in [0.15, 0.2) is 60.7 Å². The number of para-hydroxylation sites is 1. The van der Waals surface area contributed by atoms with Gasteiger partial charge in [-0.3, -0.25) is 0 Å². The van der Waals surface area contributed by atoms with Crippen molar-refractivity contribution in [2.45, 2.75) is 12.7 Å². The Morgan fingerprint density at radius 1 is 0.581 bits per heavy atom. The highest BCUT2D eigenvalue weighted by molar-refractivity contribution is 5.50. The zero-order valence-electron chi connectivity index (χ0n) is 18.5. The highest BCUT2D eigenvalue weighted by Gasteiger charge is 2.24. The van der Waals surface area contributed by atoms with Crippen LogP contribution in [0.1, 0.15) is 22.8 Å². The van der Waals surface area contributed by atoms with E-state index in [0.29, 0.717) is 29.6 Å². The molecule has 0 N–H and O–H groups in total. The van der Waals surface area contributed by atoms with Gasteiger partial charge in [-0.25, -0.2) is 0 Å². The summed E-state index contributed by atoms with van der Waals surface area (Å²) < 4.78 is 33.9. The van der Waals surface area contributed by atoms with Gasteiger partial charge in [0.25, 0.3) is 0 Å². The van der Waals surface area contributed by atoms with Gasteiger partial charge in [-0.2, -0.15) is 0 Å². The summed E-state index contributed by atoms with van der Waals surface area (Å²) in [5, 5.41) is 0. The second-order valence-electron chi connectivity index (χ2n) is 6.72. The van der Waals surface area contributed by atoms with Crippen LogP contribution in [-0.2, 0) is 11.3 Å². The topological polar surface area (TPSA) is 55.4 Å². The second-order valence-corrected chi connectivity index (χ2v) is 6.72. The van der Waals surface area contributed by atoms with Crippen molar-refractivity contribution >= 4 is 0 Å². The average Bonchev–Trinajstić information content (AvgIpc) is 2.84. The molecule has 6 heteroatoms. The van der Waals surface area contributed by atoms with Crippen molar-refractivity contribution in [2.75, 3.05) is 35.5 Å². The summed E-state index contributed by atoms with van der Waals surface area (Å²) in [4.78, 5) is 0. The van der Waals surface area contributed by atoms with Gasteiger partial charge in [-0.1, -0.05) is 18.2 Å². The standard InChI is InChI=1S/C25H28O6/c1-26-18-10-12-20(23(14-18)29-4)25(21-13-11-19(27-2)15-24(21)30-5)31-16-17-8-6-7-9-22(17)28-3/h6-15,25H,16H2,1-5H3. The molecule has 0 radical (unpaired) electrons. The van der Waals surface area contributed by atoms with Gasteiger partial charge in [0.2, 0.25) is 0 Å². The number of ether oxygens (including phenoxy) is 6. The smallest absolute Gasteiger partial charge is 0.128 e. The maximum Gasteiger partial charge on any atom is 0.128 e. The third-order valence-electron chi connectivity index (χ3n) is 5.04. The van der Waals surface area contributed by atoms with Crippen LogP contribution >= 0.6 is 0 Å². The molecule has 0 unspecified atom stereocenters. The summed E-state index contributed by atoms with van der Waals surface area (Å²) in [7, 11) is 8.14. The molecule has 0 aliphatic carbocycles. The van der Waals surface area contributed by atoms with Gasteiger partial charge in [0.15, 0.2) is 0 Å². The first kappa shape index (κ1) is 22.3. The first-order valence-corrected chi connectivity index (χ1v) is 9.82. The van der Waals surface area contributed by atoms with Crippen LogP contribution in [0.25, 0.3) is 0 Å². The van der Waals surface area contributed by atoms with Crippen molar-refractivity contribution in [2.24, 2.45) is 0 Å². The fourth-order valence-corrected chi connectivity index (χ4v) is 3.41. The molecule has 0 saturated heterocycles. The molecule has 6 nitrogen and oxygen atoms in total. The molecule has 31 heavy (non-hydrogen) atoms. The van der Waals surface area contributed by atoms with Crippen molar-refractivity contribution in [3.05, 3.63) is 77.4 Å². The molecule has 0 fully saturated rings. The summed E-state index contributed by atoms with van der Waals surface area (Å²) in [5.74, 6) is 3.48. The predicted octanol–water partition coefficient (Wildman–Crippen LogP) is 5.04. The Balaban J connectivity index is 2.06. The van der Waals surface area contributed by atoms with E-state index in [2.05, 4.69) is 0 Å². The molecule has 0 saturated carbocycles. The van der Waals surface area contributed by atoms with Gasteiger partial charge in [0.1, 0.15) is 34.9 Å². The van der Waals surface area contributed by atoms with E-state index in [0.717, 1.165) is 22.4 Å².